The van der Waals surface area contributed by atoms with Crippen molar-refractivity contribution in [3.8, 4) is 33.6 Å². The monoisotopic (exact) mass is 632 g/mol. The standard InChI is InChI=1S/C20H17N2.C11H8N.Ir/c1-13-14(8-6-10-21-13)19-11-18-16(12-22-19)15-7-4-5-9-17(15)20(18,2)3;1-2-6-10(7-3-1)11-8-4-5-9-12-11;/h4-7,9-12H,1-3H3;1-6,8-9H;/q2*-1;. The van der Waals surface area contributed by atoms with Gasteiger partial charge in [0.1, 0.15) is 0 Å². The van der Waals surface area contributed by atoms with Gasteiger partial charge in [0.15, 0.2) is 0 Å². The van der Waals surface area contributed by atoms with Gasteiger partial charge < -0.3 is 15.0 Å². The third kappa shape index (κ3) is 4.86. The predicted octanol–water partition coefficient (Wildman–Crippen LogP) is 7.10. The van der Waals surface area contributed by atoms with Crippen molar-refractivity contribution in [2.24, 2.45) is 0 Å². The first-order chi connectivity index (χ1) is 16.6. The number of benzene rings is 2. The summed E-state index contributed by atoms with van der Waals surface area (Å²) in [5, 5.41) is 0. The fraction of sp³-hybridized carbons (Fsp3) is 0.129. The molecule has 0 atom stereocenters. The van der Waals surface area contributed by atoms with Crippen molar-refractivity contribution in [3.63, 3.8) is 0 Å². The van der Waals surface area contributed by atoms with Gasteiger partial charge in [-0.05, 0) is 39.8 Å². The maximum Gasteiger partial charge on any atom is 0.0242 e. The van der Waals surface area contributed by atoms with E-state index in [1.165, 1.54) is 22.3 Å². The number of hydrogen-bond donors (Lipinski definition) is 0. The Morgan fingerprint density at radius 1 is 0.686 bits per heavy atom. The van der Waals surface area contributed by atoms with Crippen molar-refractivity contribution in [2.75, 3.05) is 0 Å². The van der Waals surface area contributed by atoms with Gasteiger partial charge in [-0.15, -0.1) is 53.6 Å². The topological polar surface area (TPSA) is 38.7 Å². The Hall–Kier alpha value is -3.46. The van der Waals surface area contributed by atoms with Crippen LogP contribution in [-0.2, 0) is 25.5 Å². The Kier molecular flexibility index (Phi) is 7.35. The summed E-state index contributed by atoms with van der Waals surface area (Å²) in [6.45, 7) is 6.56. The van der Waals surface area contributed by atoms with Gasteiger partial charge in [-0.1, -0.05) is 69.4 Å². The summed E-state index contributed by atoms with van der Waals surface area (Å²) >= 11 is 0. The van der Waals surface area contributed by atoms with Gasteiger partial charge >= 0.3 is 0 Å². The molecule has 4 heteroatoms. The van der Waals surface area contributed by atoms with E-state index in [-0.39, 0.29) is 25.5 Å². The number of nitrogens with zero attached hydrogens (tertiary/aromatic N) is 3. The molecule has 0 N–H and O–H groups in total. The Balaban J connectivity index is 0.000000189. The molecule has 0 amide bonds. The van der Waals surface area contributed by atoms with Crippen molar-refractivity contribution >= 4 is 0 Å². The molecular formula is C31H25IrN3-2. The molecule has 0 bridgehead atoms. The van der Waals surface area contributed by atoms with Gasteiger partial charge in [-0.3, -0.25) is 0 Å². The van der Waals surface area contributed by atoms with Gasteiger partial charge in [0.25, 0.3) is 0 Å². The van der Waals surface area contributed by atoms with Gasteiger partial charge in [-0.2, -0.15) is 0 Å². The Labute approximate surface area is 220 Å². The van der Waals surface area contributed by atoms with Gasteiger partial charge in [0.2, 0.25) is 0 Å². The smallest absolute Gasteiger partial charge is 0.0242 e. The Morgan fingerprint density at radius 2 is 1.49 bits per heavy atom. The number of hydrogen-bond acceptors (Lipinski definition) is 3. The molecular weight excluding hydrogens is 607 g/mol. The van der Waals surface area contributed by atoms with E-state index in [1.54, 1.807) is 12.4 Å². The molecule has 1 radical (unpaired) electrons. The maximum atomic E-state index is 4.67. The zero-order chi connectivity index (χ0) is 23.5. The summed E-state index contributed by atoms with van der Waals surface area (Å²) in [6.07, 6.45) is 5.56. The van der Waals surface area contributed by atoms with E-state index in [0.717, 1.165) is 28.2 Å². The Bertz CT molecular complexity index is 1390. The second-order valence-corrected chi connectivity index (χ2v) is 8.83. The average Bonchev–Trinajstić information content (AvgIpc) is 3.12. The summed E-state index contributed by atoms with van der Waals surface area (Å²) in [5.74, 6) is 0. The van der Waals surface area contributed by atoms with Crippen molar-refractivity contribution < 1.29 is 20.1 Å². The van der Waals surface area contributed by atoms with Crippen molar-refractivity contribution in [1.29, 1.82) is 0 Å². The minimum absolute atomic E-state index is 0. The van der Waals surface area contributed by atoms with E-state index in [9.17, 15) is 0 Å². The molecule has 0 spiro atoms. The number of aryl methyl sites for hydroxylation is 1. The van der Waals surface area contributed by atoms with Crippen LogP contribution in [0.3, 0.4) is 0 Å². The summed E-state index contributed by atoms with van der Waals surface area (Å²) < 4.78 is 0. The molecule has 3 heterocycles. The van der Waals surface area contributed by atoms with Crippen LogP contribution in [0.15, 0.2) is 97.5 Å². The molecule has 1 aliphatic rings. The molecule has 175 valence electrons. The third-order valence-electron chi connectivity index (χ3n) is 6.31. The maximum absolute atomic E-state index is 4.67. The average molecular weight is 632 g/mol. The fourth-order valence-electron chi connectivity index (χ4n) is 4.50. The summed E-state index contributed by atoms with van der Waals surface area (Å²) in [5.41, 5.74) is 10.1. The molecule has 5 aromatic rings. The minimum Gasteiger partial charge on any atom is -0.357 e. The second kappa shape index (κ2) is 10.4. The van der Waals surface area contributed by atoms with Crippen LogP contribution in [0.25, 0.3) is 33.6 Å². The molecule has 0 fully saturated rings. The molecule has 3 nitrogen and oxygen atoms in total. The van der Waals surface area contributed by atoms with E-state index in [1.807, 2.05) is 61.7 Å². The van der Waals surface area contributed by atoms with Crippen LogP contribution in [0.1, 0.15) is 30.7 Å². The quantitative estimate of drug-likeness (QED) is 0.195. The number of fused-ring (bicyclic) bond motifs is 3. The van der Waals surface area contributed by atoms with E-state index in [2.05, 4.69) is 71.3 Å². The van der Waals surface area contributed by atoms with Crippen LogP contribution < -0.4 is 0 Å². The molecule has 0 aliphatic heterocycles. The number of aromatic nitrogens is 3. The molecule has 6 rings (SSSR count). The molecule has 2 aromatic carbocycles. The summed E-state index contributed by atoms with van der Waals surface area (Å²) in [7, 11) is 0. The second-order valence-electron chi connectivity index (χ2n) is 8.83. The van der Waals surface area contributed by atoms with E-state index in [0.29, 0.717) is 0 Å². The number of pyridine rings is 3. The van der Waals surface area contributed by atoms with Crippen molar-refractivity contribution in [1.82, 2.24) is 15.0 Å². The van der Waals surface area contributed by atoms with Crippen LogP contribution in [0, 0.1) is 19.1 Å². The fourth-order valence-corrected chi connectivity index (χ4v) is 4.50. The molecule has 1 aliphatic carbocycles. The zero-order valence-corrected chi connectivity index (χ0v) is 22.3. The van der Waals surface area contributed by atoms with Crippen molar-refractivity contribution in [2.45, 2.75) is 26.2 Å². The van der Waals surface area contributed by atoms with Crippen LogP contribution in [-0.4, -0.2) is 15.0 Å². The predicted molar refractivity (Wildman–Crippen MR) is 137 cm³/mol. The minimum atomic E-state index is -0.000268. The molecule has 0 saturated carbocycles. The Morgan fingerprint density at radius 3 is 2.23 bits per heavy atom. The molecule has 0 saturated heterocycles. The van der Waals surface area contributed by atoms with Crippen LogP contribution in [0.5, 0.6) is 0 Å². The van der Waals surface area contributed by atoms with Crippen LogP contribution >= 0.6 is 0 Å². The third-order valence-corrected chi connectivity index (χ3v) is 6.31. The molecule has 35 heavy (non-hydrogen) atoms. The summed E-state index contributed by atoms with van der Waals surface area (Å²) in [6, 6.07) is 32.7. The van der Waals surface area contributed by atoms with Crippen molar-refractivity contribution in [3.05, 3.63) is 126 Å². The molecule has 3 aromatic heterocycles. The summed E-state index contributed by atoms with van der Waals surface area (Å²) in [4.78, 5) is 13.2. The van der Waals surface area contributed by atoms with Crippen LogP contribution in [0.2, 0.25) is 0 Å². The normalized spacial score (nSPS) is 12.4. The van der Waals surface area contributed by atoms with Crippen LogP contribution in [0.4, 0.5) is 0 Å². The first-order valence-corrected chi connectivity index (χ1v) is 11.4. The number of rotatable bonds is 2. The van der Waals surface area contributed by atoms with E-state index >= 15 is 0 Å². The zero-order valence-electron chi connectivity index (χ0n) is 19.9. The largest absolute Gasteiger partial charge is 0.357 e. The first kappa shape index (κ1) is 24.7. The van der Waals surface area contributed by atoms with Gasteiger partial charge in [0.05, 0.1) is 0 Å². The SMILES string of the molecule is Cc1ncc[c-]c1-c1cc2c(cn1)-c1ccccc1C2(C)C.[Ir].[c-]1ccccc1-c1ccccn1. The van der Waals surface area contributed by atoms with E-state index < -0.39 is 0 Å². The molecule has 0 unspecified atom stereocenters. The van der Waals surface area contributed by atoms with E-state index in [4.69, 9.17) is 0 Å². The van der Waals surface area contributed by atoms with Gasteiger partial charge in [-0.25, -0.2) is 0 Å². The first-order valence-electron chi connectivity index (χ1n) is 11.4. The van der Waals surface area contributed by atoms with Gasteiger partial charge in [0, 0.05) is 43.5 Å².